The molecule has 1 aliphatic rings. The van der Waals surface area contributed by atoms with Crippen LogP contribution in [0.25, 0.3) is 6.08 Å². The van der Waals surface area contributed by atoms with E-state index in [9.17, 15) is 4.79 Å². The van der Waals surface area contributed by atoms with Crippen LogP contribution in [-0.2, 0) is 11.3 Å². The number of fused-ring (bicyclic) bond motifs is 1. The van der Waals surface area contributed by atoms with Gasteiger partial charge in [0.15, 0.2) is 11.5 Å². The number of nitrogens with two attached hydrogens (primary N) is 1. The van der Waals surface area contributed by atoms with Gasteiger partial charge in [-0.05, 0) is 35.2 Å². The Morgan fingerprint density at radius 1 is 1.15 bits per heavy atom. The molecule has 1 aliphatic heterocycles. The SMILES string of the molecule is Nc1ccc2c(c1)O/C(=C/c1cccs1)C(=O)N2Cc1ccccc1Cl. The summed E-state index contributed by atoms with van der Waals surface area (Å²) in [7, 11) is 0. The minimum atomic E-state index is -0.212. The Balaban J connectivity index is 1.78. The highest BCUT2D eigenvalue weighted by Gasteiger charge is 2.31. The van der Waals surface area contributed by atoms with Crippen molar-refractivity contribution in [1.82, 2.24) is 0 Å². The maximum atomic E-state index is 13.1. The molecule has 0 unspecified atom stereocenters. The van der Waals surface area contributed by atoms with Crippen molar-refractivity contribution in [2.75, 3.05) is 10.6 Å². The van der Waals surface area contributed by atoms with Gasteiger partial charge >= 0.3 is 0 Å². The molecule has 26 heavy (non-hydrogen) atoms. The fraction of sp³-hybridized carbons (Fsp3) is 0.0500. The lowest BCUT2D eigenvalue weighted by molar-refractivity contribution is -0.117. The summed E-state index contributed by atoms with van der Waals surface area (Å²) in [4.78, 5) is 15.7. The molecule has 2 heterocycles. The number of carbonyl (C=O) groups excluding carboxylic acids is 1. The van der Waals surface area contributed by atoms with E-state index in [1.165, 1.54) is 11.3 Å². The number of amides is 1. The van der Waals surface area contributed by atoms with Gasteiger partial charge in [-0.25, -0.2) is 0 Å². The smallest absolute Gasteiger partial charge is 0.294 e. The molecule has 0 radical (unpaired) electrons. The summed E-state index contributed by atoms with van der Waals surface area (Å²) in [5, 5.41) is 2.57. The van der Waals surface area contributed by atoms with Crippen LogP contribution < -0.4 is 15.4 Å². The quantitative estimate of drug-likeness (QED) is 0.515. The third kappa shape index (κ3) is 3.19. The summed E-state index contributed by atoms with van der Waals surface area (Å²) in [5.41, 5.74) is 8.01. The Labute approximate surface area is 160 Å². The van der Waals surface area contributed by atoms with Crippen molar-refractivity contribution < 1.29 is 9.53 Å². The predicted molar refractivity (Wildman–Crippen MR) is 106 cm³/mol. The standard InChI is InChI=1S/C20H15ClN2O2S/c21-16-6-2-1-4-13(16)12-23-17-8-7-14(22)10-18(17)25-19(20(23)24)11-15-5-3-9-26-15/h1-11H,12,22H2/b19-11+. The van der Waals surface area contributed by atoms with Crippen molar-refractivity contribution in [3.63, 3.8) is 0 Å². The molecule has 4 nitrogen and oxygen atoms in total. The topological polar surface area (TPSA) is 55.6 Å². The van der Waals surface area contributed by atoms with Crippen LogP contribution in [0.3, 0.4) is 0 Å². The molecule has 0 atom stereocenters. The van der Waals surface area contributed by atoms with E-state index in [0.717, 1.165) is 10.4 Å². The van der Waals surface area contributed by atoms with E-state index in [4.69, 9.17) is 22.1 Å². The highest BCUT2D eigenvalue weighted by Crippen LogP contribution is 2.38. The van der Waals surface area contributed by atoms with Crippen LogP contribution in [0, 0.1) is 0 Å². The van der Waals surface area contributed by atoms with Gasteiger partial charge in [0.25, 0.3) is 5.91 Å². The van der Waals surface area contributed by atoms with E-state index in [2.05, 4.69) is 0 Å². The Kier molecular flexibility index (Phi) is 4.41. The fourth-order valence-electron chi connectivity index (χ4n) is 2.79. The summed E-state index contributed by atoms with van der Waals surface area (Å²) in [6.45, 7) is 0.348. The van der Waals surface area contributed by atoms with Crippen LogP contribution in [-0.4, -0.2) is 5.91 Å². The lowest BCUT2D eigenvalue weighted by Gasteiger charge is -2.31. The number of nitrogen functional groups attached to an aromatic ring is 1. The van der Waals surface area contributed by atoms with Crippen molar-refractivity contribution in [3.05, 3.63) is 81.2 Å². The van der Waals surface area contributed by atoms with Gasteiger partial charge < -0.3 is 10.5 Å². The lowest BCUT2D eigenvalue weighted by Crippen LogP contribution is -2.36. The van der Waals surface area contributed by atoms with Gasteiger partial charge in [-0.15, -0.1) is 11.3 Å². The number of carbonyl (C=O) groups is 1. The third-order valence-electron chi connectivity index (χ3n) is 4.05. The van der Waals surface area contributed by atoms with Crippen molar-refractivity contribution in [2.45, 2.75) is 6.54 Å². The number of thiophene rings is 1. The molecule has 0 bridgehead atoms. The summed E-state index contributed by atoms with van der Waals surface area (Å²) in [6, 6.07) is 16.6. The van der Waals surface area contributed by atoms with Gasteiger partial charge in [-0.1, -0.05) is 35.9 Å². The number of benzene rings is 2. The van der Waals surface area contributed by atoms with Gasteiger partial charge in [0.1, 0.15) is 0 Å². The molecular weight excluding hydrogens is 368 g/mol. The minimum Gasteiger partial charge on any atom is -0.449 e. The van der Waals surface area contributed by atoms with E-state index < -0.39 is 0 Å². The number of halogens is 1. The number of anilines is 2. The van der Waals surface area contributed by atoms with Crippen LogP contribution >= 0.6 is 22.9 Å². The maximum Gasteiger partial charge on any atom is 0.294 e. The van der Waals surface area contributed by atoms with Gasteiger partial charge in [0.2, 0.25) is 0 Å². The van der Waals surface area contributed by atoms with E-state index in [-0.39, 0.29) is 11.7 Å². The lowest BCUT2D eigenvalue weighted by atomic mass is 10.1. The molecule has 2 N–H and O–H groups in total. The molecule has 130 valence electrons. The van der Waals surface area contributed by atoms with Crippen molar-refractivity contribution in [3.8, 4) is 5.75 Å². The van der Waals surface area contributed by atoms with Crippen molar-refractivity contribution >= 4 is 46.3 Å². The first kappa shape index (κ1) is 16.7. The van der Waals surface area contributed by atoms with Gasteiger partial charge in [0, 0.05) is 27.7 Å². The first-order valence-corrected chi connectivity index (χ1v) is 9.25. The van der Waals surface area contributed by atoms with Crippen LogP contribution in [0.1, 0.15) is 10.4 Å². The molecule has 1 aromatic heterocycles. The summed E-state index contributed by atoms with van der Waals surface area (Å²) in [5.74, 6) is 0.604. The van der Waals surface area contributed by atoms with E-state index in [1.54, 1.807) is 29.2 Å². The number of hydrogen-bond donors (Lipinski definition) is 1. The number of rotatable bonds is 3. The Bertz CT molecular complexity index is 999. The highest BCUT2D eigenvalue weighted by atomic mass is 35.5. The fourth-order valence-corrected chi connectivity index (χ4v) is 3.63. The monoisotopic (exact) mass is 382 g/mol. The van der Waals surface area contributed by atoms with E-state index >= 15 is 0 Å². The molecule has 0 fully saturated rings. The molecule has 0 spiro atoms. The molecule has 6 heteroatoms. The van der Waals surface area contributed by atoms with Crippen LogP contribution in [0.15, 0.2) is 65.7 Å². The first-order chi connectivity index (χ1) is 12.6. The largest absolute Gasteiger partial charge is 0.449 e. The second kappa shape index (κ2) is 6.86. The van der Waals surface area contributed by atoms with Crippen molar-refractivity contribution in [2.24, 2.45) is 0 Å². The summed E-state index contributed by atoms with van der Waals surface area (Å²) in [6.07, 6.45) is 1.75. The number of nitrogens with zero attached hydrogens (tertiary/aromatic N) is 1. The summed E-state index contributed by atoms with van der Waals surface area (Å²) >= 11 is 7.83. The number of hydrogen-bond acceptors (Lipinski definition) is 4. The zero-order valence-corrected chi connectivity index (χ0v) is 15.3. The van der Waals surface area contributed by atoms with Gasteiger partial charge in [-0.2, -0.15) is 0 Å². The molecule has 4 rings (SSSR count). The molecular formula is C20H15ClN2O2S. The molecule has 0 aliphatic carbocycles. The zero-order chi connectivity index (χ0) is 18.1. The molecule has 0 saturated heterocycles. The zero-order valence-electron chi connectivity index (χ0n) is 13.7. The molecule has 3 aromatic rings. The predicted octanol–water partition coefficient (Wildman–Crippen LogP) is 4.95. The normalized spacial score (nSPS) is 15.0. The second-order valence-corrected chi connectivity index (χ2v) is 7.22. The van der Waals surface area contributed by atoms with Crippen LogP contribution in [0.5, 0.6) is 5.75 Å². The molecule has 1 amide bonds. The van der Waals surface area contributed by atoms with Crippen LogP contribution in [0.4, 0.5) is 11.4 Å². The Morgan fingerprint density at radius 3 is 2.77 bits per heavy atom. The van der Waals surface area contributed by atoms with Crippen molar-refractivity contribution in [1.29, 1.82) is 0 Å². The third-order valence-corrected chi connectivity index (χ3v) is 5.24. The minimum absolute atomic E-state index is 0.212. The average Bonchev–Trinajstić information content (AvgIpc) is 3.13. The van der Waals surface area contributed by atoms with Crippen LogP contribution in [0.2, 0.25) is 5.02 Å². The maximum absolute atomic E-state index is 13.1. The summed E-state index contributed by atoms with van der Waals surface area (Å²) < 4.78 is 5.86. The number of ether oxygens (including phenoxy) is 1. The Morgan fingerprint density at radius 2 is 2.00 bits per heavy atom. The average molecular weight is 383 g/mol. The van der Waals surface area contributed by atoms with E-state index in [0.29, 0.717) is 28.7 Å². The molecule has 2 aromatic carbocycles. The molecule has 0 saturated carbocycles. The Hall–Kier alpha value is -2.76. The first-order valence-electron chi connectivity index (χ1n) is 7.99. The van der Waals surface area contributed by atoms with E-state index in [1.807, 2.05) is 41.8 Å². The second-order valence-electron chi connectivity index (χ2n) is 5.84. The van der Waals surface area contributed by atoms with Gasteiger partial charge in [0.05, 0.1) is 12.2 Å². The highest BCUT2D eigenvalue weighted by molar-refractivity contribution is 7.10. The van der Waals surface area contributed by atoms with Gasteiger partial charge in [-0.3, -0.25) is 9.69 Å².